The molecule has 1 saturated heterocycles. The third kappa shape index (κ3) is 4.76. The molecule has 2 atom stereocenters. The van der Waals surface area contributed by atoms with Crippen LogP contribution in [0.15, 0.2) is 40.1 Å². The first kappa shape index (κ1) is 26.3. The van der Waals surface area contributed by atoms with Gasteiger partial charge < -0.3 is 24.5 Å². The predicted octanol–water partition coefficient (Wildman–Crippen LogP) is -2.11. The zero-order valence-electron chi connectivity index (χ0n) is 18.4. The number of nitrogens with zero attached hydrogens (tertiary/aromatic N) is 2. The number of hydrogen-bond donors (Lipinski definition) is 1. The molecule has 2 aromatic rings. The summed E-state index contributed by atoms with van der Waals surface area (Å²) in [6.07, 6.45) is 0. The van der Waals surface area contributed by atoms with Gasteiger partial charge in [0.25, 0.3) is 11.8 Å². The number of fused-ring (bicyclic) bond motifs is 1. The van der Waals surface area contributed by atoms with E-state index in [9.17, 15) is 24.3 Å². The molecule has 2 amide bonds. The summed E-state index contributed by atoms with van der Waals surface area (Å²) < 4.78 is 10.1. The van der Waals surface area contributed by atoms with Crippen molar-refractivity contribution in [1.29, 1.82) is 0 Å². The van der Waals surface area contributed by atoms with Gasteiger partial charge in [0.05, 0.1) is 16.7 Å². The first-order valence-electron chi connectivity index (χ1n) is 9.74. The van der Waals surface area contributed by atoms with Gasteiger partial charge in [-0.2, -0.15) is 0 Å². The van der Waals surface area contributed by atoms with Crippen molar-refractivity contribution in [3.05, 3.63) is 51.9 Å². The van der Waals surface area contributed by atoms with Gasteiger partial charge in [-0.3, -0.25) is 19.3 Å². The number of halogens is 1. The van der Waals surface area contributed by atoms with Gasteiger partial charge in [-0.25, -0.2) is 0 Å². The maximum atomic E-state index is 13.1. The largest absolute Gasteiger partial charge is 1.00 e. The molecule has 1 aromatic carbocycles. The number of hydrogen-bond acceptors (Lipinski definition) is 9. The number of carbonyl (C=O) groups excluding carboxylic acids is 4. The van der Waals surface area contributed by atoms with Gasteiger partial charge in [-0.1, -0.05) is 35.0 Å². The van der Waals surface area contributed by atoms with E-state index in [1.54, 1.807) is 31.2 Å². The Labute approximate surface area is 225 Å². The first-order chi connectivity index (χ1) is 15.7. The van der Waals surface area contributed by atoms with Crippen LogP contribution in [0.25, 0.3) is 11.3 Å². The predicted molar refractivity (Wildman–Crippen MR) is 115 cm³/mol. The van der Waals surface area contributed by atoms with Crippen molar-refractivity contribution in [3.8, 4) is 11.3 Å². The van der Waals surface area contributed by atoms with Crippen molar-refractivity contribution in [3.63, 3.8) is 0 Å². The summed E-state index contributed by atoms with van der Waals surface area (Å²) in [5, 5.41) is 18.0. The number of carboxylic acid groups (broad SMARTS) is 1. The van der Waals surface area contributed by atoms with E-state index in [1.807, 2.05) is 0 Å². The number of aliphatic carboxylic acids is 1. The van der Waals surface area contributed by atoms with Crippen LogP contribution in [0, 0.1) is 6.92 Å². The van der Waals surface area contributed by atoms with E-state index in [-0.39, 0.29) is 70.2 Å². The molecule has 3 heterocycles. The fourth-order valence-electron chi connectivity index (χ4n) is 3.66. The van der Waals surface area contributed by atoms with Gasteiger partial charge >= 0.3 is 35.5 Å². The van der Waals surface area contributed by atoms with Crippen molar-refractivity contribution in [2.45, 2.75) is 25.3 Å². The molecule has 1 fully saturated rings. The van der Waals surface area contributed by atoms with E-state index in [0.29, 0.717) is 10.6 Å². The Morgan fingerprint density at radius 1 is 1.35 bits per heavy atom. The summed E-state index contributed by atoms with van der Waals surface area (Å²) in [6, 6.07) is 5.83. The third-order valence-corrected chi connectivity index (χ3v) is 6.86. The van der Waals surface area contributed by atoms with Crippen LogP contribution in [-0.2, 0) is 19.1 Å². The standard InChI is InChI=1S/C21H18ClN3O7S.Na/c1-9-14(15(24-32-9)12-5-3-4-6-13(12)22)18(27)23-16-19(28)25-17(21(29)30)11(7-31-10(2)26)8-33-20(16)25;/h3-6,16,20H,7-8H2,1-2H3,(H,23,27)(H,29,30);/q;+1/p-1/t16-,20-;/m1./s1. The van der Waals surface area contributed by atoms with Gasteiger partial charge in [0.2, 0.25) is 0 Å². The Bertz CT molecular complexity index is 1210. The Morgan fingerprint density at radius 3 is 2.71 bits per heavy atom. The molecule has 0 bridgehead atoms. The molecule has 172 valence electrons. The molecule has 1 aromatic heterocycles. The minimum absolute atomic E-state index is 0. The van der Waals surface area contributed by atoms with E-state index in [0.717, 1.165) is 4.90 Å². The monoisotopic (exact) mass is 513 g/mol. The molecule has 0 radical (unpaired) electrons. The summed E-state index contributed by atoms with van der Waals surface area (Å²) in [4.78, 5) is 49.7. The molecular formula is C21H17ClN3NaO7S. The van der Waals surface area contributed by atoms with E-state index < -0.39 is 35.2 Å². The Morgan fingerprint density at radius 2 is 2.06 bits per heavy atom. The maximum absolute atomic E-state index is 13.1. The van der Waals surface area contributed by atoms with Crippen molar-refractivity contribution in [2.24, 2.45) is 0 Å². The molecule has 4 rings (SSSR count). The molecule has 2 aliphatic rings. The normalized spacial score (nSPS) is 19.0. The number of thioether (sulfide) groups is 1. The minimum atomic E-state index is -1.56. The number of amides is 2. The van der Waals surface area contributed by atoms with Crippen LogP contribution in [0.4, 0.5) is 0 Å². The van der Waals surface area contributed by atoms with Gasteiger partial charge in [0, 0.05) is 23.8 Å². The molecule has 0 saturated carbocycles. The van der Waals surface area contributed by atoms with Gasteiger partial charge in [-0.05, 0) is 13.0 Å². The Hall–Kier alpha value is -2.31. The molecular weight excluding hydrogens is 497 g/mol. The number of esters is 1. The number of aromatic nitrogens is 1. The first-order valence-corrected chi connectivity index (χ1v) is 11.2. The summed E-state index contributed by atoms with van der Waals surface area (Å²) in [5.74, 6) is -2.93. The fraction of sp³-hybridized carbons (Fsp3) is 0.286. The van der Waals surface area contributed by atoms with Crippen LogP contribution in [-0.4, -0.2) is 57.6 Å². The maximum Gasteiger partial charge on any atom is 1.00 e. The van der Waals surface area contributed by atoms with E-state index >= 15 is 0 Å². The number of aryl methyl sites for hydroxylation is 1. The van der Waals surface area contributed by atoms with Gasteiger partial charge in [0.15, 0.2) is 0 Å². The van der Waals surface area contributed by atoms with Gasteiger partial charge in [0.1, 0.15) is 35.0 Å². The van der Waals surface area contributed by atoms with Crippen LogP contribution in [0.3, 0.4) is 0 Å². The molecule has 0 unspecified atom stereocenters. The number of nitrogens with one attached hydrogen (secondary N) is 1. The van der Waals surface area contributed by atoms with E-state index in [4.69, 9.17) is 20.9 Å². The zero-order valence-corrected chi connectivity index (χ0v) is 22.0. The molecule has 10 nitrogen and oxygen atoms in total. The number of rotatable bonds is 6. The number of carbonyl (C=O) groups is 4. The molecule has 13 heteroatoms. The van der Waals surface area contributed by atoms with Crippen LogP contribution in [0.1, 0.15) is 23.0 Å². The Kier molecular flexibility index (Phi) is 8.14. The van der Waals surface area contributed by atoms with Crippen molar-refractivity contribution >= 4 is 47.1 Å². The third-order valence-electron chi connectivity index (χ3n) is 5.20. The van der Waals surface area contributed by atoms with Crippen LogP contribution in [0.2, 0.25) is 5.02 Å². The minimum Gasteiger partial charge on any atom is -0.543 e. The molecule has 34 heavy (non-hydrogen) atoms. The molecule has 0 spiro atoms. The second kappa shape index (κ2) is 10.5. The smallest absolute Gasteiger partial charge is 0.543 e. The summed E-state index contributed by atoms with van der Waals surface area (Å²) in [6.45, 7) is 2.49. The number of carboxylic acids is 1. The quantitative estimate of drug-likeness (QED) is 0.261. The topological polar surface area (TPSA) is 142 Å². The van der Waals surface area contributed by atoms with Crippen LogP contribution in [0.5, 0.6) is 0 Å². The number of benzene rings is 1. The SMILES string of the molecule is CC(=O)OCC1=C(C(=O)[O-])N2C(=O)[C@@H](NC(=O)c3c(-c4ccccc4Cl)noc3C)[C@H]2SC1.[Na+]. The fourth-order valence-corrected chi connectivity index (χ4v) is 5.21. The van der Waals surface area contributed by atoms with Crippen LogP contribution >= 0.6 is 23.4 Å². The van der Waals surface area contributed by atoms with Gasteiger partial charge in [-0.15, -0.1) is 11.8 Å². The molecule has 2 aliphatic heterocycles. The van der Waals surface area contributed by atoms with Crippen LogP contribution < -0.4 is 40.0 Å². The van der Waals surface area contributed by atoms with Crippen molar-refractivity contribution < 1.29 is 63.1 Å². The van der Waals surface area contributed by atoms with E-state index in [1.165, 1.54) is 18.7 Å². The summed E-state index contributed by atoms with van der Waals surface area (Å²) >= 11 is 7.47. The average molecular weight is 514 g/mol. The van der Waals surface area contributed by atoms with Crippen molar-refractivity contribution in [1.82, 2.24) is 15.4 Å². The molecule has 1 N–H and O–H groups in total. The average Bonchev–Trinajstić information content (AvgIpc) is 3.16. The zero-order chi connectivity index (χ0) is 23.9. The summed E-state index contributed by atoms with van der Waals surface area (Å²) in [7, 11) is 0. The second-order valence-corrected chi connectivity index (χ2v) is 8.84. The summed E-state index contributed by atoms with van der Waals surface area (Å²) in [5.41, 5.74) is 0.761. The Balaban J connectivity index is 0.00000324. The second-order valence-electron chi connectivity index (χ2n) is 7.32. The number of β-lactam (4-membered cyclic amide) rings is 1. The molecule has 0 aliphatic carbocycles. The number of ether oxygens (including phenoxy) is 1. The van der Waals surface area contributed by atoms with E-state index in [2.05, 4.69) is 10.5 Å². The van der Waals surface area contributed by atoms with Crippen molar-refractivity contribution in [2.75, 3.05) is 12.4 Å².